The highest BCUT2D eigenvalue weighted by atomic mass is 19.1. The molecule has 3 nitrogen and oxygen atoms in total. The Morgan fingerprint density at radius 1 is 1.33 bits per heavy atom. The SMILES string of the molecule is C[C@H]1CN(C(=O)Cc2ccccc2F)C[C@H](C)O1. The van der Waals surface area contributed by atoms with Crippen LogP contribution in [0.2, 0.25) is 0 Å². The molecule has 1 heterocycles. The third-order valence-corrected chi connectivity index (χ3v) is 3.07. The van der Waals surface area contributed by atoms with Gasteiger partial charge in [0, 0.05) is 13.1 Å². The Balaban J connectivity index is 2.02. The van der Waals surface area contributed by atoms with E-state index in [2.05, 4.69) is 0 Å². The molecule has 0 N–H and O–H groups in total. The Morgan fingerprint density at radius 2 is 1.94 bits per heavy atom. The number of ether oxygens (including phenoxy) is 1. The molecule has 0 spiro atoms. The van der Waals surface area contributed by atoms with Gasteiger partial charge in [-0.15, -0.1) is 0 Å². The van der Waals surface area contributed by atoms with Crippen LogP contribution in [0, 0.1) is 5.82 Å². The van der Waals surface area contributed by atoms with E-state index in [1.807, 2.05) is 13.8 Å². The molecule has 4 heteroatoms. The van der Waals surface area contributed by atoms with Gasteiger partial charge in [0.15, 0.2) is 0 Å². The van der Waals surface area contributed by atoms with E-state index in [1.54, 1.807) is 23.1 Å². The summed E-state index contributed by atoms with van der Waals surface area (Å²) in [6.07, 6.45) is 0.197. The molecule has 0 radical (unpaired) electrons. The monoisotopic (exact) mass is 251 g/mol. The molecular formula is C14H18FNO2. The first-order valence-corrected chi connectivity index (χ1v) is 6.23. The molecule has 0 aliphatic carbocycles. The van der Waals surface area contributed by atoms with Gasteiger partial charge in [0.2, 0.25) is 5.91 Å². The van der Waals surface area contributed by atoms with E-state index >= 15 is 0 Å². The average molecular weight is 251 g/mol. The predicted molar refractivity (Wildman–Crippen MR) is 66.7 cm³/mol. The molecule has 1 aliphatic rings. The van der Waals surface area contributed by atoms with Crippen molar-refractivity contribution in [3.05, 3.63) is 35.6 Å². The Hall–Kier alpha value is -1.42. The molecular weight excluding hydrogens is 233 g/mol. The fourth-order valence-electron chi connectivity index (χ4n) is 2.30. The first-order chi connectivity index (χ1) is 8.56. The molecule has 1 fully saturated rings. The molecule has 2 atom stereocenters. The molecule has 0 bridgehead atoms. The van der Waals surface area contributed by atoms with Crippen LogP contribution in [0.3, 0.4) is 0 Å². The summed E-state index contributed by atoms with van der Waals surface area (Å²) in [5.41, 5.74) is 0.453. The summed E-state index contributed by atoms with van der Waals surface area (Å²) in [6, 6.07) is 6.41. The zero-order valence-electron chi connectivity index (χ0n) is 10.7. The third-order valence-electron chi connectivity index (χ3n) is 3.07. The standard InChI is InChI=1S/C14H18FNO2/c1-10-8-16(9-11(2)18-10)14(17)7-12-5-3-4-6-13(12)15/h3-6,10-11H,7-9H2,1-2H3/t10-,11-/m0/s1. The van der Waals surface area contributed by atoms with Gasteiger partial charge in [-0.1, -0.05) is 18.2 Å². The molecule has 1 saturated heterocycles. The average Bonchev–Trinajstić information content (AvgIpc) is 2.31. The quantitative estimate of drug-likeness (QED) is 0.804. The summed E-state index contributed by atoms with van der Waals surface area (Å²) in [5, 5.41) is 0. The molecule has 1 aromatic carbocycles. The van der Waals surface area contributed by atoms with Crippen molar-refractivity contribution < 1.29 is 13.9 Å². The number of hydrogen-bond acceptors (Lipinski definition) is 2. The lowest BCUT2D eigenvalue weighted by Gasteiger charge is -2.35. The normalized spacial score (nSPS) is 24.1. The minimum atomic E-state index is -0.319. The van der Waals surface area contributed by atoms with Gasteiger partial charge in [-0.25, -0.2) is 4.39 Å². The highest BCUT2D eigenvalue weighted by Crippen LogP contribution is 2.14. The summed E-state index contributed by atoms with van der Waals surface area (Å²) < 4.78 is 19.0. The van der Waals surface area contributed by atoms with E-state index < -0.39 is 0 Å². The van der Waals surface area contributed by atoms with Gasteiger partial charge in [-0.2, -0.15) is 0 Å². The Kier molecular flexibility index (Phi) is 3.97. The van der Waals surface area contributed by atoms with Crippen molar-refractivity contribution in [1.29, 1.82) is 0 Å². The smallest absolute Gasteiger partial charge is 0.227 e. The van der Waals surface area contributed by atoms with E-state index in [0.29, 0.717) is 18.7 Å². The third kappa shape index (κ3) is 3.07. The number of carbonyl (C=O) groups excluding carboxylic acids is 1. The zero-order chi connectivity index (χ0) is 13.1. The summed E-state index contributed by atoms with van der Waals surface area (Å²) in [5.74, 6) is -0.359. The Morgan fingerprint density at radius 3 is 2.56 bits per heavy atom. The van der Waals surface area contributed by atoms with Gasteiger partial charge in [0.1, 0.15) is 5.82 Å². The van der Waals surface area contributed by atoms with Crippen LogP contribution in [0.25, 0.3) is 0 Å². The highest BCUT2D eigenvalue weighted by Gasteiger charge is 2.26. The first kappa shape index (κ1) is 13.0. The van der Waals surface area contributed by atoms with E-state index in [9.17, 15) is 9.18 Å². The molecule has 18 heavy (non-hydrogen) atoms. The Bertz CT molecular complexity index is 426. The summed E-state index contributed by atoms with van der Waals surface area (Å²) in [6.45, 7) is 5.05. The fraction of sp³-hybridized carbons (Fsp3) is 0.500. The predicted octanol–water partition coefficient (Wildman–Crippen LogP) is 2.00. The lowest BCUT2D eigenvalue weighted by Crippen LogP contribution is -2.48. The summed E-state index contributed by atoms with van der Waals surface area (Å²) in [4.78, 5) is 13.9. The zero-order valence-corrected chi connectivity index (χ0v) is 10.7. The molecule has 1 aromatic rings. The van der Waals surface area contributed by atoms with Crippen LogP contribution in [0.15, 0.2) is 24.3 Å². The van der Waals surface area contributed by atoms with Crippen LogP contribution in [-0.2, 0) is 16.0 Å². The van der Waals surface area contributed by atoms with Gasteiger partial charge < -0.3 is 9.64 Å². The van der Waals surface area contributed by atoms with Crippen molar-refractivity contribution in [2.24, 2.45) is 0 Å². The van der Waals surface area contributed by atoms with E-state index in [4.69, 9.17) is 4.74 Å². The van der Waals surface area contributed by atoms with E-state index in [-0.39, 0.29) is 30.4 Å². The molecule has 1 aliphatic heterocycles. The van der Waals surface area contributed by atoms with Gasteiger partial charge >= 0.3 is 0 Å². The van der Waals surface area contributed by atoms with Crippen molar-refractivity contribution in [1.82, 2.24) is 4.90 Å². The van der Waals surface area contributed by atoms with Crippen molar-refractivity contribution in [3.63, 3.8) is 0 Å². The largest absolute Gasteiger partial charge is 0.372 e. The van der Waals surface area contributed by atoms with Crippen LogP contribution in [-0.4, -0.2) is 36.1 Å². The molecule has 2 rings (SSSR count). The number of morpholine rings is 1. The molecule has 1 amide bonds. The molecule has 98 valence electrons. The maximum Gasteiger partial charge on any atom is 0.227 e. The van der Waals surface area contributed by atoms with Crippen LogP contribution in [0.4, 0.5) is 4.39 Å². The minimum absolute atomic E-state index is 0.0397. The van der Waals surface area contributed by atoms with Gasteiger partial charge in [-0.3, -0.25) is 4.79 Å². The molecule has 0 saturated carbocycles. The second-order valence-corrected chi connectivity index (χ2v) is 4.82. The summed E-state index contributed by atoms with van der Waals surface area (Å²) in [7, 11) is 0. The number of hydrogen-bond donors (Lipinski definition) is 0. The summed E-state index contributed by atoms with van der Waals surface area (Å²) >= 11 is 0. The van der Waals surface area contributed by atoms with Gasteiger partial charge in [0.05, 0.1) is 18.6 Å². The number of carbonyl (C=O) groups is 1. The number of rotatable bonds is 2. The van der Waals surface area contributed by atoms with E-state index in [1.165, 1.54) is 6.07 Å². The second kappa shape index (κ2) is 5.48. The van der Waals surface area contributed by atoms with Crippen LogP contribution in [0.5, 0.6) is 0 Å². The number of nitrogens with zero attached hydrogens (tertiary/aromatic N) is 1. The fourth-order valence-corrected chi connectivity index (χ4v) is 2.30. The van der Waals surface area contributed by atoms with E-state index in [0.717, 1.165) is 0 Å². The van der Waals surface area contributed by atoms with Crippen molar-refractivity contribution in [2.75, 3.05) is 13.1 Å². The maximum atomic E-state index is 13.5. The minimum Gasteiger partial charge on any atom is -0.372 e. The van der Waals surface area contributed by atoms with Crippen LogP contribution >= 0.6 is 0 Å². The topological polar surface area (TPSA) is 29.5 Å². The highest BCUT2D eigenvalue weighted by molar-refractivity contribution is 5.79. The maximum absolute atomic E-state index is 13.5. The molecule has 0 unspecified atom stereocenters. The lowest BCUT2D eigenvalue weighted by atomic mass is 10.1. The number of amides is 1. The van der Waals surface area contributed by atoms with Gasteiger partial charge in [-0.05, 0) is 25.5 Å². The number of benzene rings is 1. The second-order valence-electron chi connectivity index (χ2n) is 4.82. The first-order valence-electron chi connectivity index (χ1n) is 6.23. The Labute approximate surface area is 107 Å². The van der Waals surface area contributed by atoms with Crippen LogP contribution < -0.4 is 0 Å². The van der Waals surface area contributed by atoms with Crippen molar-refractivity contribution in [2.45, 2.75) is 32.5 Å². The number of halogens is 1. The lowest BCUT2D eigenvalue weighted by molar-refractivity contribution is -0.142. The van der Waals surface area contributed by atoms with Gasteiger partial charge in [0.25, 0.3) is 0 Å². The van der Waals surface area contributed by atoms with Crippen molar-refractivity contribution in [3.8, 4) is 0 Å². The van der Waals surface area contributed by atoms with Crippen LogP contribution in [0.1, 0.15) is 19.4 Å². The molecule has 0 aromatic heterocycles. The van der Waals surface area contributed by atoms with Crippen molar-refractivity contribution >= 4 is 5.91 Å².